The van der Waals surface area contributed by atoms with Crippen LogP contribution < -0.4 is 0 Å². The largest absolute Gasteiger partial charge is 0.382 e. The molecule has 3 nitrogen and oxygen atoms in total. The maximum absolute atomic E-state index is 5.49. The highest BCUT2D eigenvalue weighted by atomic mass is 28.3. The molecule has 1 aliphatic heterocycles. The third-order valence-corrected chi connectivity index (χ3v) is 13.2. The van der Waals surface area contributed by atoms with E-state index in [2.05, 4.69) is 83.1 Å². The van der Waals surface area contributed by atoms with E-state index in [1.54, 1.807) is 0 Å². The summed E-state index contributed by atoms with van der Waals surface area (Å²) in [4.78, 5) is 0. The summed E-state index contributed by atoms with van der Waals surface area (Å²) in [6.45, 7) is 19.0. The third kappa shape index (κ3) is 6.42. The Kier molecular flexibility index (Phi) is 8.54. The summed E-state index contributed by atoms with van der Waals surface area (Å²) in [5.74, 6) is 0.611. The Hall–Kier alpha value is -1.13. The van der Waals surface area contributed by atoms with Crippen molar-refractivity contribution in [2.45, 2.75) is 90.0 Å². The highest BCUT2D eigenvalue weighted by Gasteiger charge is 2.44. The van der Waals surface area contributed by atoms with Gasteiger partial charge in [0.25, 0.3) is 0 Å². The monoisotopic (exact) mass is 416 g/mol. The lowest BCUT2D eigenvalue weighted by molar-refractivity contribution is 0.117. The molecule has 0 N–H and O–H groups in total. The molecule has 0 aliphatic carbocycles. The molecule has 4 heteroatoms. The highest BCUT2D eigenvalue weighted by Crippen LogP contribution is 2.46. The minimum Gasteiger partial charge on any atom is -0.382 e. The first kappa shape index (κ1) is 24.1. The van der Waals surface area contributed by atoms with Gasteiger partial charge in [-0.05, 0) is 47.7 Å². The summed E-state index contributed by atoms with van der Waals surface area (Å²) in [5.41, 5.74) is 3.41. The summed E-state index contributed by atoms with van der Waals surface area (Å²) in [6.07, 6.45) is 4.59. The lowest BCUT2D eigenvalue weighted by Gasteiger charge is -2.44. The summed E-state index contributed by atoms with van der Waals surface area (Å²) in [7, 11) is 0.160. The second-order valence-corrected chi connectivity index (χ2v) is 16.5. The van der Waals surface area contributed by atoms with Crippen LogP contribution in [0, 0.1) is 5.92 Å². The molecule has 0 amide bonds. The molecular formula is C25H44N2OSi. The number of benzene rings is 1. The second kappa shape index (κ2) is 10.3. The van der Waals surface area contributed by atoms with Gasteiger partial charge in [0.2, 0.25) is 0 Å². The molecule has 1 aromatic carbocycles. The molecule has 0 aromatic heterocycles. The molecular weight excluding hydrogens is 372 g/mol. The van der Waals surface area contributed by atoms with Crippen molar-refractivity contribution >= 4 is 13.8 Å². The van der Waals surface area contributed by atoms with Gasteiger partial charge in [-0.3, -0.25) is 5.01 Å². The van der Waals surface area contributed by atoms with E-state index in [1.165, 1.54) is 24.1 Å². The van der Waals surface area contributed by atoms with Crippen molar-refractivity contribution < 1.29 is 4.74 Å². The number of hydrogen-bond acceptors (Lipinski definition) is 3. The zero-order valence-corrected chi connectivity index (χ0v) is 21.2. The topological polar surface area (TPSA) is 24.8 Å². The molecule has 164 valence electrons. The number of methoxy groups -OCH3 is 1. The van der Waals surface area contributed by atoms with Gasteiger partial charge in [0.1, 0.15) is 0 Å². The zero-order chi connectivity index (χ0) is 21.7. The average Bonchev–Trinajstić information content (AvgIpc) is 3.06. The fraction of sp³-hybridized carbons (Fsp3) is 0.720. The van der Waals surface area contributed by atoms with Crippen molar-refractivity contribution in [2.24, 2.45) is 11.0 Å². The van der Waals surface area contributed by atoms with Gasteiger partial charge in [-0.2, -0.15) is 5.10 Å². The van der Waals surface area contributed by atoms with Gasteiger partial charge in [-0.1, -0.05) is 78.0 Å². The van der Waals surface area contributed by atoms with Crippen molar-refractivity contribution in [3.63, 3.8) is 0 Å². The van der Waals surface area contributed by atoms with Crippen LogP contribution in [-0.4, -0.2) is 45.1 Å². The summed E-state index contributed by atoms with van der Waals surface area (Å²) >= 11 is 0. The van der Waals surface area contributed by atoms with Gasteiger partial charge in [-0.15, -0.1) is 0 Å². The predicted molar refractivity (Wildman–Crippen MR) is 130 cm³/mol. The first-order chi connectivity index (χ1) is 13.6. The molecule has 1 heterocycles. The maximum atomic E-state index is 5.49. The van der Waals surface area contributed by atoms with E-state index in [1.807, 2.05) is 7.11 Å². The molecule has 0 saturated carbocycles. The summed E-state index contributed by atoms with van der Waals surface area (Å²) < 4.78 is 5.49. The van der Waals surface area contributed by atoms with Crippen LogP contribution in [0.1, 0.15) is 59.4 Å². The average molecular weight is 417 g/mol. The van der Waals surface area contributed by atoms with Crippen LogP contribution in [0.2, 0.25) is 23.7 Å². The first-order valence-electron chi connectivity index (χ1n) is 11.4. The van der Waals surface area contributed by atoms with Crippen LogP contribution in [0.4, 0.5) is 0 Å². The van der Waals surface area contributed by atoms with E-state index in [-0.39, 0.29) is 0 Å². The van der Waals surface area contributed by atoms with Gasteiger partial charge in [0.15, 0.2) is 0 Å². The molecule has 1 saturated heterocycles. The molecule has 2 rings (SSSR count). The predicted octanol–water partition coefficient (Wildman–Crippen LogP) is 6.62. The zero-order valence-electron chi connectivity index (χ0n) is 20.2. The Balaban J connectivity index is 2.47. The Labute approximate surface area is 180 Å². The lowest BCUT2D eigenvalue weighted by atomic mass is 9.99. The Bertz CT molecular complexity index is 649. The number of hydrogen-bond donors (Lipinski definition) is 0. The minimum atomic E-state index is -1.65. The van der Waals surface area contributed by atoms with Gasteiger partial charge in [0, 0.05) is 19.4 Å². The Morgan fingerprint density at radius 3 is 2.41 bits per heavy atom. The molecule has 2 atom stereocenters. The fourth-order valence-electron chi connectivity index (χ4n) is 4.31. The van der Waals surface area contributed by atoms with Crippen molar-refractivity contribution in [1.29, 1.82) is 0 Å². The van der Waals surface area contributed by atoms with Crippen LogP contribution in [0.15, 0.2) is 35.4 Å². The molecule has 0 spiro atoms. The van der Waals surface area contributed by atoms with Crippen LogP contribution in [0.3, 0.4) is 0 Å². The Morgan fingerprint density at radius 2 is 1.86 bits per heavy atom. The van der Waals surface area contributed by atoms with Crippen molar-refractivity contribution in [3.8, 4) is 0 Å². The Morgan fingerprint density at radius 1 is 1.21 bits per heavy atom. The summed E-state index contributed by atoms with van der Waals surface area (Å²) in [5, 5.41) is 8.07. The van der Waals surface area contributed by atoms with Gasteiger partial charge >= 0.3 is 0 Å². The van der Waals surface area contributed by atoms with E-state index in [9.17, 15) is 0 Å². The smallest absolute Gasteiger partial charge is 0.0704 e. The number of ether oxygens (including phenoxy) is 1. The lowest BCUT2D eigenvalue weighted by Crippen LogP contribution is -2.47. The normalized spacial score (nSPS) is 19.8. The van der Waals surface area contributed by atoms with Gasteiger partial charge < -0.3 is 4.74 Å². The number of rotatable bonds is 9. The van der Waals surface area contributed by atoms with E-state index >= 15 is 0 Å². The number of nitrogens with zero attached hydrogens (tertiary/aromatic N) is 2. The van der Waals surface area contributed by atoms with Crippen LogP contribution in [0.25, 0.3) is 0 Å². The van der Waals surface area contributed by atoms with Crippen LogP contribution in [-0.2, 0) is 11.2 Å². The highest BCUT2D eigenvalue weighted by molar-refractivity contribution is 6.84. The quantitative estimate of drug-likeness (QED) is 0.334. The maximum Gasteiger partial charge on any atom is 0.0704 e. The van der Waals surface area contributed by atoms with Crippen LogP contribution >= 0.6 is 0 Å². The van der Waals surface area contributed by atoms with Crippen LogP contribution in [0.5, 0.6) is 0 Å². The van der Waals surface area contributed by atoms with Crippen molar-refractivity contribution in [1.82, 2.24) is 5.01 Å². The molecule has 0 radical (unpaired) electrons. The van der Waals surface area contributed by atoms with E-state index in [4.69, 9.17) is 9.84 Å². The molecule has 29 heavy (non-hydrogen) atoms. The summed E-state index contributed by atoms with van der Waals surface area (Å²) in [6, 6.07) is 11.5. The fourth-order valence-corrected chi connectivity index (χ4v) is 7.11. The van der Waals surface area contributed by atoms with Gasteiger partial charge in [-0.25, -0.2) is 0 Å². The van der Waals surface area contributed by atoms with E-state index < -0.39 is 8.07 Å². The van der Waals surface area contributed by atoms with Crippen molar-refractivity contribution in [2.75, 3.05) is 20.3 Å². The van der Waals surface area contributed by atoms with Gasteiger partial charge in [0.05, 0.1) is 20.7 Å². The molecule has 1 aromatic rings. The van der Waals surface area contributed by atoms with E-state index in [0.29, 0.717) is 22.5 Å². The molecule has 1 aliphatic rings. The minimum absolute atomic E-state index is 0.321. The molecule has 1 fully saturated rings. The second-order valence-electron chi connectivity index (χ2n) is 10.8. The number of hydrazone groups is 1. The third-order valence-electron chi connectivity index (χ3n) is 7.07. The van der Waals surface area contributed by atoms with E-state index in [0.717, 1.165) is 26.0 Å². The first-order valence-corrected chi connectivity index (χ1v) is 14.5. The standard InChI is InChI=1S/C25H44N2OSi/c1-20(2)17-23(26-27-16-12-15-22(27)19-28-6)24(29(7,8)25(3,4)5)18-21-13-10-9-11-14-21/h9-11,13-14,20,22,24H,12,15-19H2,1-8H3/b26-23-/t22-,24-/m0/s1. The molecule has 0 bridgehead atoms. The van der Waals surface area contributed by atoms with Crippen molar-refractivity contribution in [3.05, 3.63) is 35.9 Å². The SMILES string of the molecule is COC[C@@H]1CCCN1/N=C(/CC(C)C)[C@H](Cc1ccccc1)[Si](C)(C)C(C)(C)C. The molecule has 0 unspecified atom stereocenters.